The molecular formula is C30H51IO4Si. The minimum absolute atomic E-state index is 0.0468. The highest BCUT2D eigenvalue weighted by atomic mass is 127. The van der Waals surface area contributed by atoms with Gasteiger partial charge in [0.05, 0.1) is 24.9 Å². The molecule has 0 amide bonds. The van der Waals surface area contributed by atoms with Gasteiger partial charge in [-0.1, -0.05) is 75.8 Å². The number of halogens is 1. The predicted octanol–water partition coefficient (Wildman–Crippen LogP) is 7.64. The highest BCUT2D eigenvalue weighted by molar-refractivity contribution is 14.1. The van der Waals surface area contributed by atoms with Gasteiger partial charge in [0.1, 0.15) is 0 Å². The van der Waals surface area contributed by atoms with Crippen molar-refractivity contribution >= 4 is 30.9 Å². The Kier molecular flexibility index (Phi) is 6.83. The summed E-state index contributed by atoms with van der Waals surface area (Å²) in [6.07, 6.45) is 10.9. The fraction of sp³-hybridized carbons (Fsp3) is 0.933. The summed E-state index contributed by atoms with van der Waals surface area (Å²) in [4.78, 5) is 0. The molecule has 4 nitrogen and oxygen atoms in total. The molecule has 206 valence electrons. The number of alkyl halides is 1. The summed E-state index contributed by atoms with van der Waals surface area (Å²) in [5, 5.41) is 12.6. The van der Waals surface area contributed by atoms with E-state index >= 15 is 0 Å². The molecule has 1 N–H and O–H groups in total. The maximum atomic E-state index is 12.4. The van der Waals surface area contributed by atoms with Gasteiger partial charge in [-0.2, -0.15) is 0 Å². The zero-order valence-electron chi connectivity index (χ0n) is 24.1. The van der Waals surface area contributed by atoms with Crippen LogP contribution >= 0.6 is 22.6 Å². The van der Waals surface area contributed by atoms with Crippen LogP contribution in [0.15, 0.2) is 11.6 Å². The third kappa shape index (κ3) is 4.17. The quantitative estimate of drug-likeness (QED) is 0.151. The van der Waals surface area contributed by atoms with Gasteiger partial charge in [-0.3, -0.25) is 0 Å². The van der Waals surface area contributed by atoms with E-state index in [4.69, 9.17) is 13.9 Å². The zero-order valence-corrected chi connectivity index (χ0v) is 27.3. The van der Waals surface area contributed by atoms with Crippen molar-refractivity contribution in [3.63, 3.8) is 0 Å². The molecular weight excluding hydrogens is 579 g/mol. The maximum absolute atomic E-state index is 12.4. The van der Waals surface area contributed by atoms with Crippen LogP contribution in [0.3, 0.4) is 0 Å². The fourth-order valence-corrected chi connectivity index (χ4v) is 11.2. The normalized spacial score (nSPS) is 43.9. The molecule has 0 aromatic rings. The molecule has 0 aromatic carbocycles. The molecule has 36 heavy (non-hydrogen) atoms. The average Bonchev–Trinajstić information content (AvgIpc) is 3.10. The van der Waals surface area contributed by atoms with Crippen LogP contribution in [0.2, 0.25) is 18.1 Å². The van der Waals surface area contributed by atoms with Gasteiger partial charge < -0.3 is 19.0 Å². The van der Waals surface area contributed by atoms with E-state index in [1.54, 1.807) is 5.57 Å². The topological polar surface area (TPSA) is 47.9 Å². The predicted molar refractivity (Wildman–Crippen MR) is 157 cm³/mol. The number of fused-ring (bicyclic) bond motifs is 5. The average molecular weight is 631 g/mol. The molecule has 4 aliphatic carbocycles. The van der Waals surface area contributed by atoms with Crippen molar-refractivity contribution in [2.24, 2.45) is 28.1 Å². The Morgan fingerprint density at radius 1 is 1.06 bits per heavy atom. The Morgan fingerprint density at radius 2 is 1.72 bits per heavy atom. The second kappa shape index (κ2) is 8.76. The van der Waals surface area contributed by atoms with Crippen LogP contribution < -0.4 is 0 Å². The minimum Gasteiger partial charge on any atom is -0.413 e. The molecule has 3 saturated carbocycles. The van der Waals surface area contributed by atoms with E-state index in [1.165, 1.54) is 12.8 Å². The Labute approximate surface area is 235 Å². The van der Waals surface area contributed by atoms with Crippen LogP contribution in [0.4, 0.5) is 0 Å². The number of allylic oxidation sites excluding steroid dienone is 1. The third-order valence-corrected chi connectivity index (χ3v) is 17.5. The number of rotatable bonds is 3. The van der Waals surface area contributed by atoms with Crippen molar-refractivity contribution in [3.05, 3.63) is 11.6 Å². The van der Waals surface area contributed by atoms with E-state index in [-0.39, 0.29) is 21.3 Å². The van der Waals surface area contributed by atoms with Gasteiger partial charge in [0.2, 0.25) is 0 Å². The molecule has 0 bridgehead atoms. The van der Waals surface area contributed by atoms with Gasteiger partial charge in [0, 0.05) is 28.1 Å². The molecule has 4 fully saturated rings. The summed E-state index contributed by atoms with van der Waals surface area (Å²) >= 11 is 2.57. The van der Waals surface area contributed by atoms with Crippen molar-refractivity contribution in [2.45, 2.75) is 129 Å². The molecule has 1 aliphatic heterocycles. The molecule has 0 aromatic heterocycles. The van der Waals surface area contributed by atoms with Gasteiger partial charge in [-0.15, -0.1) is 0 Å². The summed E-state index contributed by atoms with van der Waals surface area (Å²) < 4.78 is 20.9. The lowest BCUT2D eigenvalue weighted by molar-refractivity contribution is -0.342. The SMILES string of the molecule is CC1(C)COC2(CC[C@]3(CI)C4=CC[C@]5(C)[C@@H](O[Si](C)(C)C(C)(C)C)CC[C@H]5[C@@H]4CC[C@@]3(O)C2)OC1. The standard InChI is InChI=1S/C30H51IO4Si/c1-25(2,3)36(7,8)35-24-10-9-22-21-11-14-29(32)17-30(33-19-26(4,5)20-34-30)16-15-28(29,18-31)23(21)12-13-27(22,24)6/h12,21-22,24,32H,9-11,13-20H2,1-8H3/t21-,22-,24-,27-,28-,29+/m0/s1. The Hall–Kier alpha value is 0.527. The van der Waals surface area contributed by atoms with Crippen LogP contribution in [0, 0.1) is 28.1 Å². The summed E-state index contributed by atoms with van der Waals surface area (Å²) in [6, 6.07) is 0. The van der Waals surface area contributed by atoms with Crippen LogP contribution in [-0.4, -0.2) is 48.6 Å². The monoisotopic (exact) mass is 630 g/mol. The molecule has 1 heterocycles. The summed E-state index contributed by atoms with van der Waals surface area (Å²) in [7, 11) is -1.82. The van der Waals surface area contributed by atoms with Gasteiger partial charge in [-0.05, 0) is 73.9 Å². The Morgan fingerprint density at radius 3 is 2.33 bits per heavy atom. The van der Waals surface area contributed by atoms with Crippen molar-refractivity contribution < 1.29 is 19.0 Å². The van der Waals surface area contributed by atoms with E-state index in [0.29, 0.717) is 37.6 Å². The van der Waals surface area contributed by atoms with Gasteiger partial charge in [0.15, 0.2) is 14.1 Å². The van der Waals surface area contributed by atoms with E-state index in [9.17, 15) is 5.11 Å². The lowest BCUT2D eigenvalue weighted by atomic mass is 9.47. The van der Waals surface area contributed by atoms with Crippen molar-refractivity contribution in [1.82, 2.24) is 0 Å². The summed E-state index contributed by atoms with van der Waals surface area (Å²) in [6.45, 7) is 20.2. The molecule has 0 unspecified atom stereocenters. The summed E-state index contributed by atoms with van der Waals surface area (Å²) in [5.74, 6) is 0.634. The molecule has 1 spiro atoms. The maximum Gasteiger partial charge on any atom is 0.192 e. The second-order valence-corrected chi connectivity index (χ2v) is 21.2. The zero-order chi connectivity index (χ0) is 26.4. The lowest BCUT2D eigenvalue weighted by Crippen LogP contribution is -2.66. The minimum atomic E-state index is -1.82. The number of ether oxygens (including phenoxy) is 2. The molecule has 6 heteroatoms. The van der Waals surface area contributed by atoms with Crippen molar-refractivity contribution in [3.8, 4) is 0 Å². The Balaban J connectivity index is 1.42. The first-order valence-electron chi connectivity index (χ1n) is 14.5. The van der Waals surface area contributed by atoms with Gasteiger partial charge >= 0.3 is 0 Å². The first-order chi connectivity index (χ1) is 16.5. The van der Waals surface area contributed by atoms with E-state index in [1.807, 2.05) is 0 Å². The van der Waals surface area contributed by atoms with Crippen LogP contribution in [0.5, 0.6) is 0 Å². The second-order valence-electron chi connectivity index (χ2n) is 15.6. The molecule has 5 aliphatic rings. The van der Waals surface area contributed by atoms with E-state index in [2.05, 4.69) is 83.3 Å². The van der Waals surface area contributed by atoms with Crippen LogP contribution in [0.25, 0.3) is 0 Å². The molecule has 5 rings (SSSR count). The largest absolute Gasteiger partial charge is 0.413 e. The smallest absolute Gasteiger partial charge is 0.192 e. The number of hydrogen-bond acceptors (Lipinski definition) is 4. The first kappa shape index (κ1) is 28.1. The highest BCUT2D eigenvalue weighted by Gasteiger charge is 2.66. The highest BCUT2D eigenvalue weighted by Crippen LogP contribution is 2.68. The van der Waals surface area contributed by atoms with Crippen molar-refractivity contribution in [1.29, 1.82) is 0 Å². The molecule has 0 radical (unpaired) electrons. The van der Waals surface area contributed by atoms with Crippen LogP contribution in [0.1, 0.15) is 92.9 Å². The van der Waals surface area contributed by atoms with Gasteiger partial charge in [-0.25, -0.2) is 0 Å². The van der Waals surface area contributed by atoms with E-state index < -0.39 is 19.7 Å². The number of hydrogen-bond donors (Lipinski definition) is 1. The van der Waals surface area contributed by atoms with E-state index in [0.717, 1.165) is 36.5 Å². The first-order valence-corrected chi connectivity index (χ1v) is 18.9. The number of aliphatic hydroxyl groups is 1. The molecule has 1 saturated heterocycles. The summed E-state index contributed by atoms with van der Waals surface area (Å²) in [5.41, 5.74) is 0.932. The van der Waals surface area contributed by atoms with Gasteiger partial charge in [0.25, 0.3) is 0 Å². The third-order valence-electron chi connectivity index (χ3n) is 11.7. The van der Waals surface area contributed by atoms with Crippen molar-refractivity contribution in [2.75, 3.05) is 17.6 Å². The molecule has 6 atom stereocenters. The van der Waals surface area contributed by atoms with Crippen LogP contribution in [-0.2, 0) is 13.9 Å². The Bertz CT molecular complexity index is 899. The fourth-order valence-electron chi connectivity index (χ4n) is 8.23. The lowest BCUT2D eigenvalue weighted by Gasteiger charge is -2.63.